The maximum atomic E-state index is 12.3. The van der Waals surface area contributed by atoms with Gasteiger partial charge in [0.1, 0.15) is 5.75 Å². The summed E-state index contributed by atoms with van der Waals surface area (Å²) < 4.78 is 10.6. The van der Waals surface area contributed by atoms with E-state index < -0.39 is 12.1 Å². The molecule has 2 rings (SSSR count). The highest BCUT2D eigenvalue weighted by atomic mass is 35.5. The average molecular weight is 362 g/mol. The van der Waals surface area contributed by atoms with E-state index in [1.54, 1.807) is 26.0 Å². The van der Waals surface area contributed by atoms with Crippen LogP contribution in [0.3, 0.4) is 0 Å². The number of nitrogens with one attached hydrogen (secondary N) is 1. The van der Waals surface area contributed by atoms with E-state index in [2.05, 4.69) is 5.32 Å². The van der Waals surface area contributed by atoms with Crippen LogP contribution < -0.4 is 10.1 Å². The molecule has 0 aliphatic heterocycles. The third-order valence-electron chi connectivity index (χ3n) is 3.40. The number of hydrogen-bond acceptors (Lipinski definition) is 4. The highest BCUT2D eigenvalue weighted by molar-refractivity contribution is 6.33. The number of carbonyl (C=O) groups excluding carboxylic acids is 2. The number of carbonyl (C=O) groups is 2. The predicted molar refractivity (Wildman–Crippen MR) is 97.3 cm³/mol. The Morgan fingerprint density at radius 3 is 2.64 bits per heavy atom. The van der Waals surface area contributed by atoms with E-state index in [4.69, 9.17) is 21.1 Å². The molecule has 0 heterocycles. The number of rotatable bonds is 6. The molecule has 1 amide bonds. The van der Waals surface area contributed by atoms with E-state index in [9.17, 15) is 9.59 Å². The van der Waals surface area contributed by atoms with E-state index in [1.807, 2.05) is 25.1 Å². The number of ether oxygens (including phenoxy) is 2. The first-order valence-electron chi connectivity index (χ1n) is 7.91. The smallest absolute Gasteiger partial charge is 0.339 e. The van der Waals surface area contributed by atoms with Crippen LogP contribution in [0, 0.1) is 6.92 Å². The quantitative estimate of drug-likeness (QED) is 0.782. The highest BCUT2D eigenvalue weighted by Gasteiger charge is 2.17. The van der Waals surface area contributed by atoms with Crippen LogP contribution >= 0.6 is 11.6 Å². The second-order valence-electron chi connectivity index (χ2n) is 5.48. The predicted octanol–water partition coefficient (Wildman–Crippen LogP) is 4.23. The summed E-state index contributed by atoms with van der Waals surface area (Å²) in [4.78, 5) is 24.2. The first-order chi connectivity index (χ1) is 11.9. The molecule has 0 unspecified atom stereocenters. The van der Waals surface area contributed by atoms with Gasteiger partial charge in [0.05, 0.1) is 17.2 Å². The molecule has 0 saturated carbocycles. The van der Waals surface area contributed by atoms with Gasteiger partial charge in [-0.05, 0) is 56.7 Å². The van der Waals surface area contributed by atoms with E-state index in [-0.39, 0.29) is 23.1 Å². The summed E-state index contributed by atoms with van der Waals surface area (Å²) in [6.45, 7) is 5.55. The van der Waals surface area contributed by atoms with Crippen molar-refractivity contribution in [1.29, 1.82) is 0 Å². The molecule has 6 heteroatoms. The molecule has 1 N–H and O–H groups in total. The molecule has 2 aromatic carbocycles. The van der Waals surface area contributed by atoms with Crippen molar-refractivity contribution < 1.29 is 19.1 Å². The van der Waals surface area contributed by atoms with Gasteiger partial charge in [-0.3, -0.25) is 4.79 Å². The van der Waals surface area contributed by atoms with Gasteiger partial charge < -0.3 is 14.8 Å². The van der Waals surface area contributed by atoms with Gasteiger partial charge in [0.15, 0.2) is 6.10 Å². The molecular weight excluding hydrogens is 342 g/mol. The number of anilines is 1. The molecule has 0 bridgehead atoms. The molecule has 0 radical (unpaired) electrons. The Labute approximate surface area is 151 Å². The second kappa shape index (κ2) is 8.53. The van der Waals surface area contributed by atoms with Crippen molar-refractivity contribution in [2.24, 2.45) is 0 Å². The molecule has 2 aromatic rings. The van der Waals surface area contributed by atoms with Gasteiger partial charge in [-0.25, -0.2) is 4.79 Å². The number of halogens is 1. The van der Waals surface area contributed by atoms with Crippen LogP contribution in [0.5, 0.6) is 5.75 Å². The van der Waals surface area contributed by atoms with Crippen molar-refractivity contribution in [3.05, 3.63) is 58.6 Å². The Kier molecular flexibility index (Phi) is 6.42. The van der Waals surface area contributed by atoms with Crippen molar-refractivity contribution in [3.8, 4) is 5.75 Å². The van der Waals surface area contributed by atoms with Crippen LogP contribution in [0.2, 0.25) is 5.02 Å². The van der Waals surface area contributed by atoms with E-state index in [1.165, 1.54) is 12.1 Å². The van der Waals surface area contributed by atoms with Gasteiger partial charge in [-0.2, -0.15) is 0 Å². The second-order valence-corrected chi connectivity index (χ2v) is 5.89. The lowest BCUT2D eigenvalue weighted by Gasteiger charge is -2.15. The van der Waals surface area contributed by atoms with Crippen molar-refractivity contribution in [2.75, 3.05) is 11.9 Å². The summed E-state index contributed by atoms with van der Waals surface area (Å²) in [6, 6.07) is 12.1. The van der Waals surface area contributed by atoms with Crippen molar-refractivity contribution in [1.82, 2.24) is 0 Å². The van der Waals surface area contributed by atoms with Gasteiger partial charge in [-0.1, -0.05) is 23.7 Å². The Balaban J connectivity index is 2.06. The summed E-state index contributed by atoms with van der Waals surface area (Å²) in [5, 5.41) is 2.98. The SMILES string of the molecule is CCOC(=O)c1cc(NC(=O)[C@@H](C)Oc2cccc(C)c2)ccc1Cl. The van der Waals surface area contributed by atoms with Crippen LogP contribution in [0.25, 0.3) is 0 Å². The van der Waals surface area contributed by atoms with Gasteiger partial charge in [0, 0.05) is 5.69 Å². The lowest BCUT2D eigenvalue weighted by Crippen LogP contribution is -2.30. The van der Waals surface area contributed by atoms with Gasteiger partial charge in [-0.15, -0.1) is 0 Å². The van der Waals surface area contributed by atoms with Gasteiger partial charge in [0.2, 0.25) is 0 Å². The molecule has 0 aliphatic rings. The molecule has 0 spiro atoms. The molecule has 1 atom stereocenters. The largest absolute Gasteiger partial charge is 0.481 e. The maximum absolute atomic E-state index is 12.3. The van der Waals surface area contributed by atoms with E-state index in [0.717, 1.165) is 5.56 Å². The summed E-state index contributed by atoms with van der Waals surface area (Å²) in [6.07, 6.45) is -0.705. The fraction of sp³-hybridized carbons (Fsp3) is 0.263. The number of benzene rings is 2. The number of hydrogen-bond donors (Lipinski definition) is 1. The lowest BCUT2D eigenvalue weighted by atomic mass is 10.2. The van der Waals surface area contributed by atoms with Crippen LogP contribution in [0.1, 0.15) is 29.8 Å². The summed E-state index contributed by atoms with van der Waals surface area (Å²) >= 11 is 6.01. The highest BCUT2D eigenvalue weighted by Crippen LogP contribution is 2.22. The summed E-state index contributed by atoms with van der Waals surface area (Å²) in [5.74, 6) is -0.253. The van der Waals surface area contributed by atoms with Crippen LogP contribution in [-0.4, -0.2) is 24.6 Å². The zero-order valence-electron chi connectivity index (χ0n) is 14.3. The first kappa shape index (κ1) is 18.8. The topological polar surface area (TPSA) is 64.6 Å². The Hall–Kier alpha value is -2.53. The molecule has 0 aliphatic carbocycles. The van der Waals surface area contributed by atoms with E-state index >= 15 is 0 Å². The molecule has 0 saturated heterocycles. The maximum Gasteiger partial charge on any atom is 0.339 e. The van der Waals surface area contributed by atoms with Crippen molar-refractivity contribution >= 4 is 29.2 Å². The van der Waals surface area contributed by atoms with Gasteiger partial charge in [0.25, 0.3) is 5.91 Å². The zero-order valence-corrected chi connectivity index (χ0v) is 15.1. The van der Waals surface area contributed by atoms with E-state index in [0.29, 0.717) is 11.4 Å². The van der Waals surface area contributed by atoms with Crippen LogP contribution in [0.4, 0.5) is 5.69 Å². The minimum atomic E-state index is -0.705. The van der Waals surface area contributed by atoms with Crippen molar-refractivity contribution in [2.45, 2.75) is 26.9 Å². The fourth-order valence-electron chi connectivity index (χ4n) is 2.16. The monoisotopic (exact) mass is 361 g/mol. The number of amides is 1. The van der Waals surface area contributed by atoms with Crippen LogP contribution in [-0.2, 0) is 9.53 Å². The van der Waals surface area contributed by atoms with Crippen molar-refractivity contribution in [3.63, 3.8) is 0 Å². The standard InChI is InChI=1S/C19H20ClNO4/c1-4-24-19(23)16-11-14(8-9-17(16)20)21-18(22)13(3)25-15-7-5-6-12(2)10-15/h5-11,13H,4H2,1-3H3,(H,21,22)/t13-/m1/s1. The third-order valence-corrected chi connectivity index (χ3v) is 3.73. The normalized spacial score (nSPS) is 11.5. The molecular formula is C19H20ClNO4. The molecule has 132 valence electrons. The zero-order chi connectivity index (χ0) is 18.4. The molecule has 0 aromatic heterocycles. The Morgan fingerprint density at radius 1 is 1.20 bits per heavy atom. The third kappa shape index (κ3) is 5.22. The molecule has 25 heavy (non-hydrogen) atoms. The number of esters is 1. The Morgan fingerprint density at radius 2 is 1.96 bits per heavy atom. The minimum absolute atomic E-state index is 0.202. The fourth-order valence-corrected chi connectivity index (χ4v) is 2.35. The van der Waals surface area contributed by atoms with Crippen LogP contribution in [0.15, 0.2) is 42.5 Å². The Bertz CT molecular complexity index is 776. The average Bonchev–Trinajstić information content (AvgIpc) is 2.56. The lowest BCUT2D eigenvalue weighted by molar-refractivity contribution is -0.122. The molecule has 0 fully saturated rings. The minimum Gasteiger partial charge on any atom is -0.481 e. The molecule has 5 nitrogen and oxygen atoms in total. The summed E-state index contributed by atoms with van der Waals surface area (Å²) in [5.41, 5.74) is 1.69. The number of aryl methyl sites for hydroxylation is 1. The van der Waals surface area contributed by atoms with Gasteiger partial charge >= 0.3 is 5.97 Å². The summed E-state index contributed by atoms with van der Waals surface area (Å²) in [7, 11) is 0. The first-order valence-corrected chi connectivity index (χ1v) is 8.29.